The van der Waals surface area contributed by atoms with Crippen LogP contribution in [0.4, 0.5) is 5.69 Å². The second-order valence-corrected chi connectivity index (χ2v) is 6.25. The highest BCUT2D eigenvalue weighted by Crippen LogP contribution is 2.28. The molecule has 2 nitrogen and oxygen atoms in total. The van der Waals surface area contributed by atoms with Crippen LogP contribution in [0.5, 0.6) is 0 Å². The van der Waals surface area contributed by atoms with Crippen LogP contribution in [0.1, 0.15) is 24.2 Å². The van der Waals surface area contributed by atoms with E-state index in [-0.39, 0.29) is 0 Å². The van der Waals surface area contributed by atoms with Crippen molar-refractivity contribution >= 4 is 23.7 Å². The SMILES string of the molecule is CC1CN(c2ccc(C=O)cc2)CC(C)S1. The van der Waals surface area contributed by atoms with Crippen LogP contribution in [-0.4, -0.2) is 29.9 Å². The monoisotopic (exact) mass is 235 g/mol. The van der Waals surface area contributed by atoms with Gasteiger partial charge in [0.1, 0.15) is 6.29 Å². The summed E-state index contributed by atoms with van der Waals surface area (Å²) in [6.45, 7) is 6.73. The van der Waals surface area contributed by atoms with Crippen LogP contribution in [0.2, 0.25) is 0 Å². The lowest BCUT2D eigenvalue weighted by Gasteiger charge is -2.36. The molecule has 2 atom stereocenters. The summed E-state index contributed by atoms with van der Waals surface area (Å²) in [6.07, 6.45) is 0.890. The maximum absolute atomic E-state index is 10.6. The van der Waals surface area contributed by atoms with Gasteiger partial charge < -0.3 is 4.90 Å². The van der Waals surface area contributed by atoms with E-state index < -0.39 is 0 Å². The van der Waals surface area contributed by atoms with E-state index in [9.17, 15) is 4.79 Å². The van der Waals surface area contributed by atoms with E-state index in [0.29, 0.717) is 10.5 Å². The molecule has 1 aromatic carbocycles. The first-order chi connectivity index (χ1) is 7.69. The molecule has 0 N–H and O–H groups in total. The van der Waals surface area contributed by atoms with E-state index in [1.54, 1.807) is 0 Å². The van der Waals surface area contributed by atoms with Gasteiger partial charge in [-0.3, -0.25) is 4.79 Å². The minimum absolute atomic E-state index is 0.675. The molecule has 1 heterocycles. The molecule has 3 heteroatoms. The second-order valence-electron chi connectivity index (χ2n) is 4.37. The third kappa shape index (κ3) is 2.59. The molecule has 2 unspecified atom stereocenters. The summed E-state index contributed by atoms with van der Waals surface area (Å²) in [5.74, 6) is 0. The number of carbonyl (C=O) groups is 1. The second kappa shape index (κ2) is 4.91. The molecule has 0 bridgehead atoms. The fraction of sp³-hybridized carbons (Fsp3) is 0.462. The zero-order valence-corrected chi connectivity index (χ0v) is 10.5. The van der Waals surface area contributed by atoms with Gasteiger partial charge in [-0.25, -0.2) is 0 Å². The molecular formula is C13H17NOS. The van der Waals surface area contributed by atoms with Crippen molar-refractivity contribution in [3.05, 3.63) is 29.8 Å². The van der Waals surface area contributed by atoms with Crippen molar-refractivity contribution in [2.75, 3.05) is 18.0 Å². The number of carbonyl (C=O) groups excluding carboxylic acids is 1. The fourth-order valence-corrected chi connectivity index (χ4v) is 3.48. The molecule has 0 aliphatic carbocycles. The molecule has 1 aliphatic rings. The Kier molecular flexibility index (Phi) is 3.54. The minimum Gasteiger partial charge on any atom is -0.369 e. The first-order valence-electron chi connectivity index (χ1n) is 5.64. The Labute approximate surface area is 101 Å². The van der Waals surface area contributed by atoms with E-state index >= 15 is 0 Å². The Morgan fingerprint density at radius 3 is 2.25 bits per heavy atom. The van der Waals surface area contributed by atoms with E-state index in [2.05, 4.69) is 18.7 Å². The lowest BCUT2D eigenvalue weighted by molar-refractivity contribution is 0.112. The molecule has 0 aromatic heterocycles. The summed E-state index contributed by atoms with van der Waals surface area (Å²) >= 11 is 2.05. The number of benzene rings is 1. The number of anilines is 1. The van der Waals surface area contributed by atoms with Gasteiger partial charge in [0.25, 0.3) is 0 Å². The summed E-state index contributed by atoms with van der Waals surface area (Å²) in [5.41, 5.74) is 1.97. The van der Waals surface area contributed by atoms with Crippen molar-refractivity contribution in [1.82, 2.24) is 0 Å². The fourth-order valence-electron chi connectivity index (χ4n) is 2.15. The Hall–Kier alpha value is -0.960. The lowest BCUT2D eigenvalue weighted by Crippen LogP contribution is -2.40. The van der Waals surface area contributed by atoms with E-state index in [4.69, 9.17) is 0 Å². The van der Waals surface area contributed by atoms with Gasteiger partial charge in [0, 0.05) is 34.8 Å². The zero-order chi connectivity index (χ0) is 11.5. The predicted molar refractivity (Wildman–Crippen MR) is 70.6 cm³/mol. The van der Waals surface area contributed by atoms with Gasteiger partial charge in [0.15, 0.2) is 0 Å². The summed E-state index contributed by atoms with van der Waals surface area (Å²) in [6, 6.07) is 7.86. The van der Waals surface area contributed by atoms with Gasteiger partial charge in [-0.05, 0) is 24.3 Å². The van der Waals surface area contributed by atoms with Crippen molar-refractivity contribution in [3.63, 3.8) is 0 Å². The summed E-state index contributed by atoms with van der Waals surface area (Å²) in [5, 5.41) is 1.35. The minimum atomic E-state index is 0.675. The van der Waals surface area contributed by atoms with Crippen LogP contribution in [0.3, 0.4) is 0 Å². The number of rotatable bonds is 2. The number of thioether (sulfide) groups is 1. The molecule has 1 aromatic rings. The van der Waals surface area contributed by atoms with Crippen LogP contribution < -0.4 is 4.90 Å². The molecule has 0 amide bonds. The van der Waals surface area contributed by atoms with Gasteiger partial charge >= 0.3 is 0 Å². The number of aldehydes is 1. The van der Waals surface area contributed by atoms with Crippen LogP contribution in [0, 0.1) is 0 Å². The van der Waals surface area contributed by atoms with Crippen molar-refractivity contribution in [1.29, 1.82) is 0 Å². The molecule has 16 heavy (non-hydrogen) atoms. The number of hydrogen-bond donors (Lipinski definition) is 0. The van der Waals surface area contributed by atoms with Crippen molar-refractivity contribution in [3.8, 4) is 0 Å². The molecule has 2 rings (SSSR count). The van der Waals surface area contributed by atoms with Crippen LogP contribution >= 0.6 is 11.8 Å². The van der Waals surface area contributed by atoms with E-state index in [0.717, 1.165) is 24.9 Å². The third-order valence-corrected chi connectivity index (χ3v) is 4.04. The number of nitrogens with zero attached hydrogens (tertiary/aromatic N) is 1. The van der Waals surface area contributed by atoms with Gasteiger partial charge in [-0.1, -0.05) is 13.8 Å². The van der Waals surface area contributed by atoms with Crippen molar-refractivity contribution in [2.24, 2.45) is 0 Å². The van der Waals surface area contributed by atoms with Crippen molar-refractivity contribution in [2.45, 2.75) is 24.3 Å². The highest BCUT2D eigenvalue weighted by molar-refractivity contribution is 8.00. The third-order valence-electron chi connectivity index (χ3n) is 2.81. The zero-order valence-electron chi connectivity index (χ0n) is 9.72. The molecular weight excluding hydrogens is 218 g/mol. The standard InChI is InChI=1S/C13H17NOS/c1-10-7-14(8-11(2)16-10)13-5-3-12(9-15)4-6-13/h3-6,9-11H,7-8H2,1-2H3. The Balaban J connectivity index is 2.13. The quantitative estimate of drug-likeness (QED) is 0.735. The first kappa shape index (κ1) is 11.5. The normalized spacial score (nSPS) is 25.5. The van der Waals surface area contributed by atoms with Gasteiger partial charge in [-0.2, -0.15) is 11.8 Å². The van der Waals surface area contributed by atoms with Crippen molar-refractivity contribution < 1.29 is 4.79 Å². The first-order valence-corrected chi connectivity index (χ1v) is 6.59. The Bertz CT molecular complexity index is 353. The highest BCUT2D eigenvalue weighted by Gasteiger charge is 2.22. The van der Waals surface area contributed by atoms with E-state index in [1.807, 2.05) is 36.0 Å². The lowest BCUT2D eigenvalue weighted by atomic mass is 10.2. The molecule has 86 valence electrons. The molecule has 1 aliphatic heterocycles. The molecule has 0 saturated carbocycles. The molecule has 0 spiro atoms. The predicted octanol–water partition coefficient (Wildman–Crippen LogP) is 2.83. The van der Waals surface area contributed by atoms with Gasteiger partial charge in [0.05, 0.1) is 0 Å². The smallest absolute Gasteiger partial charge is 0.150 e. The Morgan fingerprint density at radius 2 is 1.75 bits per heavy atom. The van der Waals surface area contributed by atoms with Gasteiger partial charge in [0.2, 0.25) is 0 Å². The van der Waals surface area contributed by atoms with Gasteiger partial charge in [-0.15, -0.1) is 0 Å². The molecule has 0 radical (unpaired) electrons. The van der Waals surface area contributed by atoms with Crippen LogP contribution in [0.25, 0.3) is 0 Å². The summed E-state index contributed by atoms with van der Waals surface area (Å²) in [4.78, 5) is 13.0. The summed E-state index contributed by atoms with van der Waals surface area (Å²) < 4.78 is 0. The Morgan fingerprint density at radius 1 is 1.19 bits per heavy atom. The van der Waals surface area contributed by atoms with Crippen LogP contribution in [0.15, 0.2) is 24.3 Å². The van der Waals surface area contributed by atoms with Crippen LogP contribution in [-0.2, 0) is 0 Å². The number of hydrogen-bond acceptors (Lipinski definition) is 3. The molecule has 1 fully saturated rings. The average Bonchev–Trinajstić information content (AvgIpc) is 2.28. The highest BCUT2D eigenvalue weighted by atomic mass is 32.2. The van der Waals surface area contributed by atoms with E-state index in [1.165, 1.54) is 5.69 Å². The summed E-state index contributed by atoms with van der Waals surface area (Å²) in [7, 11) is 0. The largest absolute Gasteiger partial charge is 0.369 e. The molecule has 1 saturated heterocycles. The maximum atomic E-state index is 10.6. The maximum Gasteiger partial charge on any atom is 0.150 e. The average molecular weight is 235 g/mol. The topological polar surface area (TPSA) is 20.3 Å².